The molecule has 0 saturated heterocycles. The second-order valence-corrected chi connectivity index (χ2v) is 9.44. The molecular formula is C22H23N3O4S2. The molecule has 1 aromatic carbocycles. The maximum absolute atomic E-state index is 12.8. The van der Waals surface area contributed by atoms with E-state index in [1.165, 1.54) is 11.3 Å². The number of ether oxygens (including phenoxy) is 2. The molecule has 2 aromatic heterocycles. The number of amides is 1. The van der Waals surface area contributed by atoms with Gasteiger partial charge in [-0.1, -0.05) is 6.07 Å². The molecule has 1 saturated carbocycles. The van der Waals surface area contributed by atoms with Crippen molar-refractivity contribution in [2.75, 3.05) is 6.79 Å². The Morgan fingerprint density at radius 1 is 1.19 bits per heavy atom. The van der Waals surface area contributed by atoms with Gasteiger partial charge in [-0.15, -0.1) is 11.3 Å². The molecule has 0 bridgehead atoms. The van der Waals surface area contributed by atoms with E-state index < -0.39 is 0 Å². The average Bonchev–Trinajstić information content (AvgIpc) is 3.44. The quantitative estimate of drug-likeness (QED) is 0.566. The van der Waals surface area contributed by atoms with E-state index in [0.29, 0.717) is 28.5 Å². The Kier molecular flexibility index (Phi) is 5.54. The minimum Gasteiger partial charge on any atom is -0.454 e. The largest absolute Gasteiger partial charge is 0.454 e. The monoisotopic (exact) mass is 457 g/mol. The zero-order chi connectivity index (χ0) is 21.4. The molecule has 9 heteroatoms. The molecule has 3 heterocycles. The fourth-order valence-corrected chi connectivity index (χ4v) is 5.45. The van der Waals surface area contributed by atoms with Gasteiger partial charge in [-0.05, 0) is 73.0 Å². The molecule has 162 valence electrons. The molecule has 3 aromatic rings. The highest BCUT2D eigenvalue weighted by Crippen LogP contribution is 2.33. The highest BCUT2D eigenvalue weighted by Gasteiger charge is 2.27. The lowest BCUT2D eigenvalue weighted by Gasteiger charge is -2.28. The van der Waals surface area contributed by atoms with Gasteiger partial charge in [-0.25, -0.2) is 0 Å². The van der Waals surface area contributed by atoms with Gasteiger partial charge < -0.3 is 19.8 Å². The van der Waals surface area contributed by atoms with Crippen molar-refractivity contribution < 1.29 is 14.3 Å². The van der Waals surface area contributed by atoms with Gasteiger partial charge in [0.05, 0.1) is 5.52 Å². The molecular weight excluding hydrogens is 434 g/mol. The number of H-pyrrole nitrogens is 1. The number of carbonyl (C=O) groups excluding carboxylic acids is 1. The summed E-state index contributed by atoms with van der Waals surface area (Å²) in [5.74, 6) is 1.91. The molecule has 31 heavy (non-hydrogen) atoms. The van der Waals surface area contributed by atoms with E-state index in [9.17, 15) is 9.59 Å². The van der Waals surface area contributed by atoms with Crippen LogP contribution in [0.25, 0.3) is 10.2 Å². The number of thiophene rings is 1. The summed E-state index contributed by atoms with van der Waals surface area (Å²) in [4.78, 5) is 28.6. The molecule has 1 fully saturated rings. The van der Waals surface area contributed by atoms with Crippen molar-refractivity contribution in [1.29, 1.82) is 0 Å². The van der Waals surface area contributed by atoms with E-state index in [-0.39, 0.29) is 24.2 Å². The van der Waals surface area contributed by atoms with Crippen molar-refractivity contribution in [2.45, 2.75) is 38.8 Å². The van der Waals surface area contributed by atoms with E-state index in [1.54, 1.807) is 4.57 Å². The summed E-state index contributed by atoms with van der Waals surface area (Å²) in [5.41, 5.74) is 1.78. The van der Waals surface area contributed by atoms with E-state index >= 15 is 0 Å². The van der Waals surface area contributed by atoms with Crippen molar-refractivity contribution in [2.24, 2.45) is 11.8 Å². The van der Waals surface area contributed by atoms with Crippen LogP contribution in [-0.2, 0) is 17.9 Å². The van der Waals surface area contributed by atoms with Crippen LogP contribution in [0.5, 0.6) is 11.5 Å². The van der Waals surface area contributed by atoms with Crippen LogP contribution in [0.15, 0.2) is 34.4 Å². The minimum atomic E-state index is -0.0163. The van der Waals surface area contributed by atoms with Gasteiger partial charge in [0.15, 0.2) is 16.3 Å². The molecule has 0 spiro atoms. The Morgan fingerprint density at radius 2 is 2.00 bits per heavy atom. The zero-order valence-corrected chi connectivity index (χ0v) is 18.5. The second kappa shape index (κ2) is 8.47. The van der Waals surface area contributed by atoms with Gasteiger partial charge in [0.25, 0.3) is 5.56 Å². The van der Waals surface area contributed by atoms with Crippen LogP contribution in [0.1, 0.15) is 31.2 Å². The third-order valence-corrected chi connectivity index (χ3v) is 7.38. The number of nitrogens with one attached hydrogen (secondary N) is 2. The number of hydrogen-bond acceptors (Lipinski definition) is 6. The predicted octanol–water partition coefficient (Wildman–Crippen LogP) is 3.97. The fourth-order valence-electron chi connectivity index (χ4n) is 4.39. The van der Waals surface area contributed by atoms with Crippen LogP contribution < -0.4 is 20.3 Å². The number of benzene rings is 1. The lowest BCUT2D eigenvalue weighted by molar-refractivity contribution is -0.126. The molecule has 1 amide bonds. The summed E-state index contributed by atoms with van der Waals surface area (Å²) < 4.78 is 13.6. The summed E-state index contributed by atoms with van der Waals surface area (Å²) in [7, 11) is 0. The highest BCUT2D eigenvalue weighted by atomic mass is 32.1. The van der Waals surface area contributed by atoms with Crippen LogP contribution in [0.2, 0.25) is 0 Å². The first-order valence-electron chi connectivity index (χ1n) is 10.4. The molecule has 0 unspecified atom stereocenters. The van der Waals surface area contributed by atoms with E-state index in [2.05, 4.69) is 10.3 Å². The molecule has 0 radical (unpaired) electrons. The maximum atomic E-state index is 12.8. The number of aromatic amines is 1. The predicted molar refractivity (Wildman–Crippen MR) is 121 cm³/mol. The second-order valence-electron chi connectivity index (χ2n) is 8.13. The molecule has 2 N–H and O–H groups in total. The number of fused-ring (bicyclic) bond motifs is 2. The first-order chi connectivity index (χ1) is 15.1. The smallest absolute Gasteiger partial charge is 0.272 e. The maximum Gasteiger partial charge on any atom is 0.272 e. The van der Waals surface area contributed by atoms with Gasteiger partial charge in [-0.3, -0.25) is 14.2 Å². The lowest BCUT2D eigenvalue weighted by atomic mass is 9.81. The Morgan fingerprint density at radius 3 is 2.84 bits per heavy atom. The van der Waals surface area contributed by atoms with E-state index in [1.807, 2.05) is 29.6 Å². The number of aromatic nitrogens is 2. The number of carbonyl (C=O) groups is 1. The van der Waals surface area contributed by atoms with E-state index in [0.717, 1.165) is 48.3 Å². The Bertz CT molecular complexity index is 1240. The summed E-state index contributed by atoms with van der Waals surface area (Å²) >= 11 is 6.84. The lowest BCUT2D eigenvalue weighted by Crippen LogP contribution is -2.34. The molecule has 7 nitrogen and oxygen atoms in total. The highest BCUT2D eigenvalue weighted by molar-refractivity contribution is 7.71. The molecule has 1 aliphatic heterocycles. The zero-order valence-electron chi connectivity index (χ0n) is 16.9. The molecule has 5 rings (SSSR count). The first-order valence-corrected chi connectivity index (χ1v) is 11.7. The van der Waals surface area contributed by atoms with Gasteiger partial charge in [0.2, 0.25) is 12.7 Å². The van der Waals surface area contributed by atoms with Gasteiger partial charge >= 0.3 is 0 Å². The van der Waals surface area contributed by atoms with Crippen LogP contribution in [0.3, 0.4) is 0 Å². The average molecular weight is 458 g/mol. The number of rotatable bonds is 5. The SMILES string of the molecule is O=C(NCc1ccc2c(c1)OCO2)C1CCC(Cn2c(=S)[nH]c3ccsc3c2=O)CC1. The van der Waals surface area contributed by atoms with Gasteiger partial charge in [0.1, 0.15) is 4.70 Å². The molecule has 1 aliphatic carbocycles. The Hall–Kier alpha value is -2.65. The number of nitrogens with zero attached hydrogens (tertiary/aromatic N) is 1. The van der Waals surface area contributed by atoms with Gasteiger partial charge in [-0.2, -0.15) is 0 Å². The summed E-state index contributed by atoms with van der Waals surface area (Å²) in [6, 6.07) is 7.60. The van der Waals surface area contributed by atoms with Crippen LogP contribution >= 0.6 is 23.6 Å². The third-order valence-electron chi connectivity index (χ3n) is 6.15. The number of hydrogen-bond donors (Lipinski definition) is 2. The van der Waals surface area contributed by atoms with Crippen molar-refractivity contribution in [3.63, 3.8) is 0 Å². The van der Waals surface area contributed by atoms with Crippen LogP contribution in [-0.4, -0.2) is 22.3 Å². The first kappa shape index (κ1) is 20.3. The van der Waals surface area contributed by atoms with Crippen LogP contribution in [0.4, 0.5) is 0 Å². The third kappa shape index (κ3) is 4.12. The topological polar surface area (TPSA) is 85.3 Å². The van der Waals surface area contributed by atoms with E-state index in [4.69, 9.17) is 21.7 Å². The minimum absolute atomic E-state index is 0.0105. The molecule has 0 atom stereocenters. The molecule has 2 aliphatic rings. The van der Waals surface area contributed by atoms with Crippen molar-refractivity contribution in [3.05, 3.63) is 50.3 Å². The van der Waals surface area contributed by atoms with Crippen molar-refractivity contribution >= 4 is 39.7 Å². The summed E-state index contributed by atoms with van der Waals surface area (Å²) in [5, 5.41) is 4.95. The fraction of sp³-hybridized carbons (Fsp3) is 0.409. The Labute approximate surface area is 188 Å². The van der Waals surface area contributed by atoms with Crippen molar-refractivity contribution in [3.8, 4) is 11.5 Å². The summed E-state index contributed by atoms with van der Waals surface area (Å²) in [6.45, 7) is 1.32. The Balaban J connectivity index is 1.16. The standard InChI is InChI=1S/C22H23N3O4S2/c26-20(23-10-14-3-6-17-18(9-14)29-12-28-17)15-4-1-13(2-5-15)11-25-21(27)19-16(7-8-31-19)24-22(25)30/h3,6-9,13,15H,1-2,4-5,10-12H2,(H,23,26)(H,24,30). The van der Waals surface area contributed by atoms with Crippen molar-refractivity contribution in [1.82, 2.24) is 14.9 Å². The normalized spacial score (nSPS) is 20.1. The van der Waals surface area contributed by atoms with Gasteiger partial charge in [0, 0.05) is 19.0 Å². The van der Waals surface area contributed by atoms with Crippen LogP contribution in [0, 0.1) is 16.6 Å². The summed E-state index contributed by atoms with van der Waals surface area (Å²) in [6.07, 6.45) is 3.46.